The fourth-order valence-electron chi connectivity index (χ4n) is 3.48. The van der Waals surface area contributed by atoms with Crippen LogP contribution < -0.4 is 5.32 Å². The van der Waals surface area contributed by atoms with Gasteiger partial charge in [-0.15, -0.1) is 11.8 Å². The Hall–Kier alpha value is -3.56. The third-order valence-electron chi connectivity index (χ3n) is 5.12. The molecule has 4 rings (SSSR count). The Balaban J connectivity index is 1.43. The second-order valence-corrected chi connectivity index (χ2v) is 8.35. The van der Waals surface area contributed by atoms with Crippen molar-refractivity contribution in [1.82, 2.24) is 4.90 Å². The van der Waals surface area contributed by atoms with E-state index in [1.165, 1.54) is 0 Å². The van der Waals surface area contributed by atoms with Gasteiger partial charge in [0.15, 0.2) is 0 Å². The van der Waals surface area contributed by atoms with E-state index in [9.17, 15) is 9.59 Å². The zero-order valence-electron chi connectivity index (χ0n) is 16.8. The van der Waals surface area contributed by atoms with Gasteiger partial charge in [0.25, 0.3) is 5.91 Å². The van der Waals surface area contributed by atoms with E-state index in [1.807, 2.05) is 59.5 Å². The molecule has 1 fully saturated rings. The summed E-state index contributed by atoms with van der Waals surface area (Å²) in [6.45, 7) is 0.571. The molecule has 1 heterocycles. The first kappa shape index (κ1) is 20.7. The molecule has 0 bridgehead atoms. The molecule has 6 heteroatoms. The quantitative estimate of drug-likeness (QED) is 0.614. The Labute approximate surface area is 185 Å². The third-order valence-corrected chi connectivity index (χ3v) is 6.37. The third kappa shape index (κ3) is 4.96. The number of benzene rings is 3. The number of hydrogen-bond donors (Lipinski definition) is 1. The molecular weight excluding hydrogens is 406 g/mol. The highest BCUT2D eigenvalue weighted by molar-refractivity contribution is 8.00. The maximum Gasteiger partial charge on any atom is 0.255 e. The normalized spacial score (nSPS) is 15.5. The highest BCUT2D eigenvalue weighted by Crippen LogP contribution is 2.39. The summed E-state index contributed by atoms with van der Waals surface area (Å²) in [5.41, 5.74) is 4.24. The molecule has 2 amide bonds. The minimum absolute atomic E-state index is 0.0579. The fraction of sp³-hybridized carbons (Fsp3) is 0.160. The van der Waals surface area contributed by atoms with Gasteiger partial charge in [-0.1, -0.05) is 54.6 Å². The number of amides is 2. The lowest BCUT2D eigenvalue weighted by atomic mass is 10.1. The summed E-state index contributed by atoms with van der Waals surface area (Å²) < 4.78 is 0. The van der Waals surface area contributed by atoms with E-state index in [0.29, 0.717) is 30.0 Å². The van der Waals surface area contributed by atoms with Gasteiger partial charge in [-0.2, -0.15) is 5.26 Å². The van der Waals surface area contributed by atoms with Crippen molar-refractivity contribution in [2.45, 2.75) is 18.3 Å². The van der Waals surface area contributed by atoms with E-state index in [-0.39, 0.29) is 17.2 Å². The largest absolute Gasteiger partial charge is 0.322 e. The number of hydrogen-bond acceptors (Lipinski definition) is 4. The molecule has 31 heavy (non-hydrogen) atoms. The summed E-state index contributed by atoms with van der Waals surface area (Å²) in [5.74, 6) is 0.387. The maximum absolute atomic E-state index is 12.6. The van der Waals surface area contributed by atoms with Gasteiger partial charge in [0, 0.05) is 17.8 Å². The van der Waals surface area contributed by atoms with Crippen molar-refractivity contribution in [3.63, 3.8) is 0 Å². The Morgan fingerprint density at radius 1 is 1.00 bits per heavy atom. The lowest BCUT2D eigenvalue weighted by Gasteiger charge is -2.24. The van der Waals surface area contributed by atoms with E-state index in [2.05, 4.69) is 11.4 Å². The van der Waals surface area contributed by atoms with Crippen LogP contribution in [0.1, 0.15) is 32.4 Å². The zero-order chi connectivity index (χ0) is 21.6. The number of carbonyl (C=O) groups excluding carboxylic acids is 2. The second kappa shape index (κ2) is 9.50. The zero-order valence-corrected chi connectivity index (χ0v) is 17.6. The van der Waals surface area contributed by atoms with Gasteiger partial charge < -0.3 is 10.2 Å². The Morgan fingerprint density at radius 2 is 1.71 bits per heavy atom. The number of rotatable bonds is 6. The number of nitrogens with zero attached hydrogens (tertiary/aromatic N) is 2. The van der Waals surface area contributed by atoms with Crippen LogP contribution in [-0.4, -0.2) is 22.5 Å². The number of thioether (sulfide) groups is 1. The van der Waals surface area contributed by atoms with Crippen molar-refractivity contribution >= 4 is 29.3 Å². The average Bonchev–Trinajstić information content (AvgIpc) is 3.16. The molecule has 5 nitrogen and oxygen atoms in total. The van der Waals surface area contributed by atoms with Crippen LogP contribution in [0.4, 0.5) is 5.69 Å². The van der Waals surface area contributed by atoms with Crippen molar-refractivity contribution in [1.29, 1.82) is 5.26 Å². The SMILES string of the molecule is N#CCc1ccc(NC(=O)c2ccc([C@@H]3SCC(=O)N3Cc3ccccc3)cc2)cc1. The van der Waals surface area contributed by atoms with Crippen LogP contribution in [0.5, 0.6) is 0 Å². The van der Waals surface area contributed by atoms with E-state index in [4.69, 9.17) is 5.26 Å². The number of nitriles is 1. The van der Waals surface area contributed by atoms with E-state index in [0.717, 1.165) is 16.7 Å². The smallest absolute Gasteiger partial charge is 0.255 e. The topological polar surface area (TPSA) is 73.2 Å². The van der Waals surface area contributed by atoms with Gasteiger partial charge in [-0.25, -0.2) is 0 Å². The first-order chi connectivity index (χ1) is 15.1. The summed E-state index contributed by atoms with van der Waals surface area (Å²) in [6, 6.07) is 26.7. The second-order valence-electron chi connectivity index (χ2n) is 7.28. The van der Waals surface area contributed by atoms with Crippen molar-refractivity contribution in [2.24, 2.45) is 0 Å². The average molecular weight is 428 g/mol. The molecule has 0 aromatic heterocycles. The number of anilines is 1. The molecule has 154 valence electrons. The fourth-order valence-corrected chi connectivity index (χ4v) is 4.67. The van der Waals surface area contributed by atoms with Crippen molar-refractivity contribution in [2.75, 3.05) is 11.1 Å². The monoisotopic (exact) mass is 427 g/mol. The predicted molar refractivity (Wildman–Crippen MR) is 122 cm³/mol. The molecule has 0 unspecified atom stereocenters. The summed E-state index contributed by atoms with van der Waals surface area (Å²) in [4.78, 5) is 26.9. The lowest BCUT2D eigenvalue weighted by molar-refractivity contribution is -0.128. The van der Waals surface area contributed by atoms with E-state index >= 15 is 0 Å². The van der Waals surface area contributed by atoms with Crippen molar-refractivity contribution in [3.05, 3.63) is 101 Å². The molecule has 0 aliphatic carbocycles. The lowest BCUT2D eigenvalue weighted by Crippen LogP contribution is -2.27. The van der Waals surface area contributed by atoms with Crippen LogP contribution in [0.3, 0.4) is 0 Å². The van der Waals surface area contributed by atoms with E-state index < -0.39 is 0 Å². The first-order valence-corrected chi connectivity index (χ1v) is 11.0. The summed E-state index contributed by atoms with van der Waals surface area (Å²) in [6.07, 6.45) is 0.346. The maximum atomic E-state index is 12.6. The Morgan fingerprint density at radius 3 is 2.39 bits per heavy atom. The molecule has 3 aromatic rings. The molecule has 1 saturated heterocycles. The van der Waals surface area contributed by atoms with Gasteiger partial charge in [0.1, 0.15) is 5.37 Å². The van der Waals surface area contributed by atoms with Crippen molar-refractivity contribution in [3.8, 4) is 6.07 Å². The molecular formula is C25H21N3O2S. The highest BCUT2D eigenvalue weighted by Gasteiger charge is 2.32. The minimum atomic E-state index is -0.198. The Kier molecular flexibility index (Phi) is 6.34. The van der Waals surface area contributed by atoms with Crippen LogP contribution >= 0.6 is 11.8 Å². The van der Waals surface area contributed by atoms with Crippen LogP contribution in [0, 0.1) is 11.3 Å². The molecule has 1 aliphatic rings. The predicted octanol–water partition coefficient (Wildman–Crippen LogP) is 4.78. The Bertz CT molecular complexity index is 1110. The minimum Gasteiger partial charge on any atom is -0.322 e. The van der Waals surface area contributed by atoms with Crippen LogP contribution in [-0.2, 0) is 17.8 Å². The van der Waals surface area contributed by atoms with Crippen LogP contribution in [0.15, 0.2) is 78.9 Å². The van der Waals surface area contributed by atoms with Crippen molar-refractivity contribution < 1.29 is 9.59 Å². The highest BCUT2D eigenvalue weighted by atomic mass is 32.2. The van der Waals surface area contributed by atoms with Gasteiger partial charge in [-0.05, 0) is 41.0 Å². The summed E-state index contributed by atoms with van der Waals surface area (Å²) >= 11 is 1.61. The standard InChI is InChI=1S/C25H21N3O2S/c26-15-14-18-6-12-22(13-7-18)27-24(30)20-8-10-21(11-9-20)25-28(23(29)17-31-25)16-19-4-2-1-3-5-19/h1-13,25H,14,16-17H2,(H,27,30)/t25-/m0/s1. The molecule has 1 atom stereocenters. The molecule has 1 aliphatic heterocycles. The van der Waals surface area contributed by atoms with Gasteiger partial charge >= 0.3 is 0 Å². The van der Waals surface area contributed by atoms with Gasteiger partial charge in [-0.3, -0.25) is 9.59 Å². The van der Waals surface area contributed by atoms with E-state index in [1.54, 1.807) is 36.0 Å². The van der Waals surface area contributed by atoms with Crippen LogP contribution in [0.25, 0.3) is 0 Å². The van der Waals surface area contributed by atoms with Gasteiger partial charge in [0.05, 0.1) is 18.2 Å². The molecule has 0 saturated carbocycles. The molecule has 0 spiro atoms. The first-order valence-electron chi connectivity index (χ1n) is 9.96. The summed E-state index contributed by atoms with van der Waals surface area (Å²) in [5, 5.41) is 11.6. The number of nitrogens with one attached hydrogen (secondary N) is 1. The van der Waals surface area contributed by atoms with Crippen LogP contribution in [0.2, 0.25) is 0 Å². The number of carbonyl (C=O) groups is 2. The van der Waals surface area contributed by atoms with Gasteiger partial charge in [0.2, 0.25) is 5.91 Å². The molecule has 1 N–H and O–H groups in total. The molecule has 0 radical (unpaired) electrons. The summed E-state index contributed by atoms with van der Waals surface area (Å²) in [7, 11) is 0. The molecule has 3 aromatic carbocycles.